The fraction of sp³-hybridized carbons (Fsp3) is 0.130. The summed E-state index contributed by atoms with van der Waals surface area (Å²) in [5.74, 6) is -0.412. The van der Waals surface area contributed by atoms with Gasteiger partial charge in [0.05, 0.1) is 11.5 Å². The molecule has 0 spiro atoms. The van der Waals surface area contributed by atoms with E-state index >= 15 is 0 Å². The molecule has 0 unspecified atom stereocenters. The van der Waals surface area contributed by atoms with E-state index in [0.29, 0.717) is 5.02 Å². The van der Waals surface area contributed by atoms with Crippen LogP contribution in [0.15, 0.2) is 60.3 Å². The number of carbonyl (C=O) groups excluding carboxylic acids is 2. The van der Waals surface area contributed by atoms with Crippen LogP contribution in [0.3, 0.4) is 0 Å². The van der Waals surface area contributed by atoms with Gasteiger partial charge in [-0.15, -0.1) is 0 Å². The number of urea groups is 1. The number of nitrogens with zero attached hydrogens (tertiary/aromatic N) is 3. The van der Waals surface area contributed by atoms with E-state index in [1.807, 2.05) is 24.5 Å². The molecule has 1 saturated heterocycles. The molecular formula is C23H19ClN4O4. The molecule has 0 aliphatic carbocycles. The minimum atomic E-state index is -0.486. The summed E-state index contributed by atoms with van der Waals surface area (Å²) in [7, 11) is 0. The van der Waals surface area contributed by atoms with Crippen molar-refractivity contribution in [1.29, 1.82) is 0 Å². The van der Waals surface area contributed by atoms with Gasteiger partial charge in [-0.25, -0.2) is 4.79 Å². The number of hydrogen-bond donors (Lipinski definition) is 1. The Hall–Kier alpha value is -3.91. The Morgan fingerprint density at radius 3 is 2.34 bits per heavy atom. The molecule has 32 heavy (non-hydrogen) atoms. The van der Waals surface area contributed by atoms with E-state index in [-0.39, 0.29) is 17.9 Å². The van der Waals surface area contributed by atoms with E-state index in [4.69, 9.17) is 11.6 Å². The van der Waals surface area contributed by atoms with Gasteiger partial charge in [-0.1, -0.05) is 23.7 Å². The maximum atomic E-state index is 12.8. The van der Waals surface area contributed by atoms with Crippen molar-refractivity contribution in [1.82, 2.24) is 14.8 Å². The Kier molecular flexibility index (Phi) is 5.54. The molecule has 3 amide bonds. The van der Waals surface area contributed by atoms with Crippen LogP contribution in [0.2, 0.25) is 5.02 Å². The molecular weight excluding hydrogens is 432 g/mol. The number of non-ortho nitro benzene ring substituents is 1. The zero-order chi connectivity index (χ0) is 23.0. The van der Waals surface area contributed by atoms with Crippen LogP contribution < -0.4 is 5.32 Å². The Morgan fingerprint density at radius 1 is 1.06 bits per heavy atom. The average molecular weight is 451 g/mol. The number of amides is 3. The highest BCUT2D eigenvalue weighted by Crippen LogP contribution is 2.25. The molecule has 1 N–H and O–H groups in total. The zero-order valence-corrected chi connectivity index (χ0v) is 18.1. The topological polar surface area (TPSA) is 97.5 Å². The third-order valence-corrected chi connectivity index (χ3v) is 5.56. The lowest BCUT2D eigenvalue weighted by Gasteiger charge is -2.11. The molecule has 4 rings (SSSR count). The molecule has 0 atom stereocenters. The monoisotopic (exact) mass is 450 g/mol. The number of aryl methyl sites for hydroxylation is 1. The minimum Gasteiger partial charge on any atom is -0.318 e. The van der Waals surface area contributed by atoms with Gasteiger partial charge in [0, 0.05) is 34.2 Å². The van der Waals surface area contributed by atoms with Crippen LogP contribution in [-0.4, -0.2) is 26.3 Å². The van der Waals surface area contributed by atoms with Crippen molar-refractivity contribution >= 4 is 35.3 Å². The van der Waals surface area contributed by atoms with Gasteiger partial charge in [-0.2, -0.15) is 0 Å². The Balaban J connectivity index is 1.61. The first-order valence-electron chi connectivity index (χ1n) is 9.77. The molecule has 162 valence electrons. The van der Waals surface area contributed by atoms with Gasteiger partial charge in [0.25, 0.3) is 11.6 Å². The van der Waals surface area contributed by atoms with E-state index in [1.165, 1.54) is 12.1 Å². The first-order chi connectivity index (χ1) is 15.2. The summed E-state index contributed by atoms with van der Waals surface area (Å²) < 4.78 is 1.93. The summed E-state index contributed by atoms with van der Waals surface area (Å²) in [6, 6.07) is 14.6. The average Bonchev–Trinajstić information content (AvgIpc) is 3.19. The summed E-state index contributed by atoms with van der Waals surface area (Å²) in [4.78, 5) is 36.8. The standard InChI is InChI=1S/C23H19ClN4O4/c1-14-11-17(15(2)27(14)19-7-9-20(10-8-19)28(31)32)12-21-22(29)26(23(30)25-21)13-16-3-5-18(24)6-4-16/h3-12H,13H2,1-2H3,(H,25,30)/b21-12-. The van der Waals surface area contributed by atoms with Gasteiger partial charge in [-0.3, -0.25) is 19.8 Å². The van der Waals surface area contributed by atoms with Crippen molar-refractivity contribution in [3.05, 3.63) is 97.9 Å². The number of nitrogens with one attached hydrogen (secondary N) is 1. The highest BCUT2D eigenvalue weighted by atomic mass is 35.5. The maximum Gasteiger partial charge on any atom is 0.329 e. The fourth-order valence-electron chi connectivity index (χ4n) is 3.70. The van der Waals surface area contributed by atoms with Crippen molar-refractivity contribution in [2.45, 2.75) is 20.4 Å². The van der Waals surface area contributed by atoms with Gasteiger partial charge in [0.15, 0.2) is 0 Å². The fourth-order valence-corrected chi connectivity index (χ4v) is 3.82. The molecule has 2 heterocycles. The lowest BCUT2D eigenvalue weighted by atomic mass is 10.2. The highest BCUT2D eigenvalue weighted by molar-refractivity contribution is 6.30. The molecule has 9 heteroatoms. The van der Waals surface area contributed by atoms with Crippen molar-refractivity contribution in [2.75, 3.05) is 0 Å². The van der Waals surface area contributed by atoms with Crippen molar-refractivity contribution in [3.8, 4) is 5.69 Å². The second-order valence-corrected chi connectivity index (χ2v) is 7.88. The van der Waals surface area contributed by atoms with E-state index in [2.05, 4.69) is 5.32 Å². The van der Waals surface area contributed by atoms with Crippen molar-refractivity contribution in [2.24, 2.45) is 0 Å². The number of carbonyl (C=O) groups is 2. The third-order valence-electron chi connectivity index (χ3n) is 5.31. The van der Waals surface area contributed by atoms with Gasteiger partial charge in [0.1, 0.15) is 5.70 Å². The number of rotatable bonds is 5. The lowest BCUT2D eigenvalue weighted by molar-refractivity contribution is -0.384. The highest BCUT2D eigenvalue weighted by Gasteiger charge is 2.33. The van der Waals surface area contributed by atoms with Gasteiger partial charge >= 0.3 is 6.03 Å². The van der Waals surface area contributed by atoms with Crippen LogP contribution in [0.4, 0.5) is 10.5 Å². The summed E-state index contributed by atoms with van der Waals surface area (Å²) in [6.45, 7) is 3.92. The SMILES string of the molecule is Cc1cc(/C=C2\NC(=O)N(Cc3ccc(Cl)cc3)C2=O)c(C)n1-c1ccc([N+](=O)[O-])cc1. The van der Waals surface area contributed by atoms with Crippen LogP contribution in [0.1, 0.15) is 22.5 Å². The third kappa shape index (κ3) is 4.00. The zero-order valence-electron chi connectivity index (χ0n) is 17.3. The van der Waals surface area contributed by atoms with Gasteiger partial charge in [0.2, 0.25) is 0 Å². The summed E-state index contributed by atoms with van der Waals surface area (Å²) in [5, 5.41) is 14.1. The molecule has 1 aliphatic heterocycles. The van der Waals surface area contributed by atoms with Crippen molar-refractivity contribution < 1.29 is 14.5 Å². The van der Waals surface area contributed by atoms with Crippen LogP contribution >= 0.6 is 11.6 Å². The number of imide groups is 1. The predicted molar refractivity (Wildman–Crippen MR) is 120 cm³/mol. The molecule has 1 aromatic heterocycles. The molecule has 8 nitrogen and oxygen atoms in total. The van der Waals surface area contributed by atoms with Crippen molar-refractivity contribution in [3.63, 3.8) is 0 Å². The summed E-state index contributed by atoms with van der Waals surface area (Å²) in [6.07, 6.45) is 1.65. The number of nitro benzene ring substituents is 1. The Labute approximate surface area is 188 Å². The van der Waals surface area contributed by atoms with Crippen LogP contribution in [0.5, 0.6) is 0 Å². The largest absolute Gasteiger partial charge is 0.329 e. The van der Waals surface area contributed by atoms with Gasteiger partial charge in [-0.05, 0) is 61.4 Å². The molecule has 0 radical (unpaired) electrons. The smallest absolute Gasteiger partial charge is 0.318 e. The quantitative estimate of drug-likeness (QED) is 0.262. The van der Waals surface area contributed by atoms with E-state index in [9.17, 15) is 19.7 Å². The Morgan fingerprint density at radius 2 is 1.72 bits per heavy atom. The number of halogens is 1. The van der Waals surface area contributed by atoms with Gasteiger partial charge < -0.3 is 9.88 Å². The second-order valence-electron chi connectivity index (χ2n) is 7.44. The predicted octanol–water partition coefficient (Wildman–Crippen LogP) is 4.75. The Bertz CT molecular complexity index is 1260. The first-order valence-corrected chi connectivity index (χ1v) is 10.1. The van der Waals surface area contributed by atoms with E-state index in [1.54, 1.807) is 42.5 Å². The molecule has 2 aromatic carbocycles. The number of hydrogen-bond acceptors (Lipinski definition) is 4. The maximum absolute atomic E-state index is 12.8. The van der Waals surface area contributed by atoms with Crippen LogP contribution in [0, 0.1) is 24.0 Å². The second kappa shape index (κ2) is 8.32. The summed E-state index contributed by atoms with van der Waals surface area (Å²) in [5.41, 5.74) is 4.24. The molecule has 0 saturated carbocycles. The molecule has 1 aliphatic rings. The number of aromatic nitrogens is 1. The lowest BCUT2D eigenvalue weighted by Crippen LogP contribution is -2.30. The number of benzene rings is 2. The number of nitro groups is 1. The van der Waals surface area contributed by atoms with E-state index in [0.717, 1.165) is 33.1 Å². The minimum absolute atomic E-state index is 0.0126. The molecule has 0 bridgehead atoms. The first kappa shape index (κ1) is 21.3. The molecule has 3 aromatic rings. The summed E-state index contributed by atoms with van der Waals surface area (Å²) >= 11 is 5.89. The van der Waals surface area contributed by atoms with Crippen LogP contribution in [-0.2, 0) is 11.3 Å². The normalized spacial score (nSPS) is 14.8. The van der Waals surface area contributed by atoms with Crippen LogP contribution in [0.25, 0.3) is 11.8 Å². The molecule has 1 fully saturated rings. The van der Waals surface area contributed by atoms with E-state index < -0.39 is 16.9 Å².